The number of benzene rings is 2. The third-order valence-corrected chi connectivity index (χ3v) is 4.05. The first-order chi connectivity index (χ1) is 10.2. The average molecular weight is 319 g/mol. The first kappa shape index (κ1) is 13.8. The highest BCUT2D eigenvalue weighted by molar-refractivity contribution is 7.22. The number of amides is 1. The van der Waals surface area contributed by atoms with E-state index in [2.05, 4.69) is 15.7 Å². The van der Waals surface area contributed by atoms with Crippen LogP contribution in [0.5, 0.6) is 0 Å². The number of nitrogen functional groups attached to an aromatic ring is 1. The van der Waals surface area contributed by atoms with Gasteiger partial charge in [0.1, 0.15) is 0 Å². The molecule has 0 fully saturated rings. The predicted molar refractivity (Wildman–Crippen MR) is 86.8 cm³/mol. The fourth-order valence-electron chi connectivity index (χ4n) is 1.84. The minimum absolute atomic E-state index is 0.219. The number of aromatic nitrogens is 1. The maximum Gasteiger partial charge on any atom is 0.257 e. The van der Waals surface area contributed by atoms with Crippen molar-refractivity contribution in [3.8, 4) is 0 Å². The fourth-order valence-corrected chi connectivity index (χ4v) is 2.98. The second-order valence-corrected chi connectivity index (χ2v) is 5.77. The molecule has 0 aliphatic carbocycles. The van der Waals surface area contributed by atoms with Crippen LogP contribution in [-0.2, 0) is 0 Å². The molecule has 1 heterocycles. The Bertz CT molecular complexity index is 800. The topological polar surface area (TPSA) is 80.0 Å². The molecule has 7 heteroatoms. The van der Waals surface area contributed by atoms with E-state index in [1.165, 1.54) is 11.3 Å². The predicted octanol–water partition coefficient (Wildman–Crippen LogP) is 3.49. The smallest absolute Gasteiger partial charge is 0.257 e. The number of halogens is 1. The highest BCUT2D eigenvalue weighted by Crippen LogP contribution is 2.28. The Labute approximate surface area is 129 Å². The molecule has 4 N–H and O–H groups in total. The number of nitrogens with two attached hydrogens (primary N) is 1. The Morgan fingerprint density at radius 2 is 1.95 bits per heavy atom. The molecule has 0 saturated carbocycles. The monoisotopic (exact) mass is 318 g/mol. The lowest BCUT2D eigenvalue weighted by Crippen LogP contribution is -2.12. The van der Waals surface area contributed by atoms with Gasteiger partial charge in [0.05, 0.1) is 10.2 Å². The van der Waals surface area contributed by atoms with Crippen LogP contribution in [0, 0.1) is 0 Å². The molecule has 106 valence electrons. The summed E-state index contributed by atoms with van der Waals surface area (Å²) < 4.78 is 0.931. The summed E-state index contributed by atoms with van der Waals surface area (Å²) in [5.41, 5.74) is 4.59. The van der Waals surface area contributed by atoms with Gasteiger partial charge in [-0.3, -0.25) is 16.0 Å². The number of nitrogens with one attached hydrogen (secondary N) is 2. The summed E-state index contributed by atoms with van der Waals surface area (Å²) in [6.07, 6.45) is 0. The molecule has 0 atom stereocenters. The third-order valence-electron chi connectivity index (χ3n) is 2.88. The van der Waals surface area contributed by atoms with Crippen LogP contribution >= 0.6 is 22.9 Å². The number of fused-ring (bicyclic) bond motifs is 1. The van der Waals surface area contributed by atoms with Gasteiger partial charge in [-0.2, -0.15) is 0 Å². The molecule has 0 aliphatic rings. The van der Waals surface area contributed by atoms with Gasteiger partial charge >= 0.3 is 0 Å². The number of hydrogen-bond acceptors (Lipinski definition) is 5. The summed E-state index contributed by atoms with van der Waals surface area (Å²) >= 11 is 7.32. The molecule has 1 aromatic heterocycles. The van der Waals surface area contributed by atoms with Crippen LogP contribution in [0.25, 0.3) is 10.2 Å². The van der Waals surface area contributed by atoms with E-state index in [-0.39, 0.29) is 5.91 Å². The van der Waals surface area contributed by atoms with Crippen molar-refractivity contribution in [2.75, 3.05) is 10.7 Å². The molecular formula is C14H11ClN4OS. The molecular weight excluding hydrogens is 308 g/mol. The second-order valence-electron chi connectivity index (χ2n) is 4.31. The molecule has 3 aromatic rings. The molecule has 0 saturated heterocycles. The fraction of sp³-hybridized carbons (Fsp3) is 0. The third kappa shape index (κ3) is 2.97. The summed E-state index contributed by atoms with van der Waals surface area (Å²) in [4.78, 5) is 16.5. The van der Waals surface area contributed by atoms with Crippen LogP contribution in [0.1, 0.15) is 10.4 Å². The molecule has 0 radical (unpaired) electrons. The Hall–Kier alpha value is -2.15. The molecule has 5 nitrogen and oxygen atoms in total. The minimum Gasteiger partial charge on any atom is -0.324 e. The van der Waals surface area contributed by atoms with E-state index in [9.17, 15) is 4.79 Å². The molecule has 0 unspecified atom stereocenters. The van der Waals surface area contributed by atoms with Gasteiger partial charge in [0.15, 0.2) is 5.13 Å². The summed E-state index contributed by atoms with van der Waals surface area (Å²) in [5, 5.41) is 3.97. The zero-order chi connectivity index (χ0) is 14.8. The van der Waals surface area contributed by atoms with E-state index in [1.807, 2.05) is 12.1 Å². The average Bonchev–Trinajstić information content (AvgIpc) is 2.88. The first-order valence-corrected chi connectivity index (χ1v) is 7.29. The summed E-state index contributed by atoms with van der Waals surface area (Å²) in [5.74, 6) is 5.07. The van der Waals surface area contributed by atoms with Crippen LogP contribution in [-0.4, -0.2) is 10.9 Å². The number of carbonyl (C=O) groups is 1. The normalized spacial score (nSPS) is 10.6. The second kappa shape index (κ2) is 5.69. The largest absolute Gasteiger partial charge is 0.324 e. The van der Waals surface area contributed by atoms with Crippen LogP contribution in [0.3, 0.4) is 0 Å². The van der Waals surface area contributed by atoms with Gasteiger partial charge in [-0.05, 0) is 42.5 Å². The maximum atomic E-state index is 12.1. The number of thiazole rings is 1. The van der Waals surface area contributed by atoms with Crippen molar-refractivity contribution in [3.05, 3.63) is 53.1 Å². The van der Waals surface area contributed by atoms with Crippen molar-refractivity contribution >= 4 is 49.9 Å². The highest BCUT2D eigenvalue weighted by atomic mass is 35.5. The number of anilines is 2. The highest BCUT2D eigenvalue weighted by Gasteiger charge is 2.10. The van der Waals surface area contributed by atoms with Gasteiger partial charge in [-0.15, -0.1) is 0 Å². The van der Waals surface area contributed by atoms with Crippen molar-refractivity contribution in [1.82, 2.24) is 4.98 Å². The van der Waals surface area contributed by atoms with E-state index >= 15 is 0 Å². The van der Waals surface area contributed by atoms with Gasteiger partial charge in [0, 0.05) is 16.3 Å². The van der Waals surface area contributed by atoms with Gasteiger partial charge in [0.25, 0.3) is 5.91 Å². The lowest BCUT2D eigenvalue weighted by atomic mass is 10.2. The van der Waals surface area contributed by atoms with Crippen LogP contribution in [0.15, 0.2) is 42.5 Å². The lowest BCUT2D eigenvalue weighted by molar-refractivity contribution is 0.102. The molecule has 0 spiro atoms. The Kier molecular flexibility index (Phi) is 3.74. The Morgan fingerprint density at radius 3 is 2.67 bits per heavy atom. The zero-order valence-corrected chi connectivity index (χ0v) is 12.3. The number of rotatable bonds is 3. The van der Waals surface area contributed by atoms with Crippen LogP contribution < -0.4 is 16.6 Å². The van der Waals surface area contributed by atoms with E-state index < -0.39 is 0 Å². The van der Waals surface area contributed by atoms with Gasteiger partial charge in [0.2, 0.25) is 0 Å². The number of hydrogen-bond donors (Lipinski definition) is 3. The van der Waals surface area contributed by atoms with Crippen molar-refractivity contribution in [3.63, 3.8) is 0 Å². The standard InChI is InChI=1S/C14H11ClN4OS/c15-9-3-6-11-12(7-9)21-14(17-11)18-13(20)8-1-4-10(19-16)5-2-8/h1-7,19H,16H2,(H,17,18,20). The number of nitrogens with zero attached hydrogens (tertiary/aromatic N) is 1. The summed E-state index contributed by atoms with van der Waals surface area (Å²) in [6.45, 7) is 0. The summed E-state index contributed by atoms with van der Waals surface area (Å²) in [7, 11) is 0. The van der Waals surface area contributed by atoms with Gasteiger partial charge in [-0.25, -0.2) is 4.98 Å². The SMILES string of the molecule is NNc1ccc(C(=O)Nc2nc3ccc(Cl)cc3s2)cc1. The van der Waals surface area contributed by atoms with E-state index in [1.54, 1.807) is 30.3 Å². The molecule has 3 rings (SSSR count). The van der Waals surface area contributed by atoms with Gasteiger partial charge in [-0.1, -0.05) is 22.9 Å². The number of carbonyl (C=O) groups excluding carboxylic acids is 1. The van der Waals surface area contributed by atoms with E-state index in [4.69, 9.17) is 17.4 Å². The molecule has 0 bridgehead atoms. The molecule has 2 aromatic carbocycles. The molecule has 1 amide bonds. The number of hydrazine groups is 1. The van der Waals surface area contributed by atoms with Crippen LogP contribution in [0.4, 0.5) is 10.8 Å². The quantitative estimate of drug-likeness (QED) is 0.510. The first-order valence-electron chi connectivity index (χ1n) is 6.10. The Morgan fingerprint density at radius 1 is 1.19 bits per heavy atom. The summed E-state index contributed by atoms with van der Waals surface area (Å²) in [6, 6.07) is 12.3. The Balaban J connectivity index is 1.81. The van der Waals surface area contributed by atoms with Crippen molar-refractivity contribution in [1.29, 1.82) is 0 Å². The maximum absolute atomic E-state index is 12.1. The zero-order valence-electron chi connectivity index (χ0n) is 10.8. The van der Waals surface area contributed by atoms with Gasteiger partial charge < -0.3 is 5.43 Å². The van der Waals surface area contributed by atoms with Crippen LogP contribution in [0.2, 0.25) is 5.02 Å². The van der Waals surface area contributed by atoms with Crippen molar-refractivity contribution < 1.29 is 4.79 Å². The lowest BCUT2D eigenvalue weighted by Gasteiger charge is -2.03. The van der Waals surface area contributed by atoms with Crippen molar-refractivity contribution in [2.24, 2.45) is 5.84 Å². The molecule has 21 heavy (non-hydrogen) atoms. The van der Waals surface area contributed by atoms with E-state index in [0.29, 0.717) is 15.7 Å². The van der Waals surface area contributed by atoms with Crippen molar-refractivity contribution in [2.45, 2.75) is 0 Å². The van der Waals surface area contributed by atoms with E-state index in [0.717, 1.165) is 15.9 Å². The molecule has 0 aliphatic heterocycles. The minimum atomic E-state index is -0.219.